The lowest BCUT2D eigenvalue weighted by molar-refractivity contribution is -0.289. The van der Waals surface area contributed by atoms with Gasteiger partial charge >= 0.3 is 18.1 Å². The predicted octanol–water partition coefficient (Wildman–Crippen LogP) is 3.20. The molecule has 0 unspecified atom stereocenters. The Morgan fingerprint density at radius 2 is 1.86 bits per heavy atom. The van der Waals surface area contributed by atoms with E-state index in [4.69, 9.17) is 10.8 Å². The number of amidine groups is 1. The van der Waals surface area contributed by atoms with E-state index in [-0.39, 0.29) is 29.1 Å². The molecule has 1 heterocycles. The molecular formula is C13H9F5N2O2. The minimum Gasteiger partial charge on any atom is -0.478 e. The van der Waals surface area contributed by atoms with Gasteiger partial charge in [0.15, 0.2) is 0 Å². The molecule has 9 heteroatoms. The second kappa shape index (κ2) is 5.08. The monoisotopic (exact) mass is 320 g/mol. The summed E-state index contributed by atoms with van der Waals surface area (Å²) in [6, 6.07) is 2.09. The van der Waals surface area contributed by atoms with E-state index in [1.165, 1.54) is 0 Å². The van der Waals surface area contributed by atoms with Crippen molar-refractivity contribution in [1.82, 2.24) is 0 Å². The molecule has 118 valence electrons. The van der Waals surface area contributed by atoms with Crippen LogP contribution in [0.2, 0.25) is 0 Å². The van der Waals surface area contributed by atoms with Crippen LogP contribution < -0.4 is 5.73 Å². The number of carboxylic acids is 1. The summed E-state index contributed by atoms with van der Waals surface area (Å²) >= 11 is 0. The number of fused-ring (bicyclic) bond motifs is 1. The Labute approximate surface area is 120 Å². The standard InChI is InChI=1S/C13H9F5N2O2/c14-12(15,13(16,17)18)8-2-1-6-3-7(11(21)22)4-10(19)20-9(6)5-8/h1-3,5H,4H2,(H2,19,20)(H,21,22). The van der Waals surface area contributed by atoms with Gasteiger partial charge in [-0.2, -0.15) is 22.0 Å². The zero-order valence-corrected chi connectivity index (χ0v) is 10.8. The molecule has 0 aliphatic carbocycles. The normalized spacial score (nSPS) is 15.5. The summed E-state index contributed by atoms with van der Waals surface area (Å²) in [6.45, 7) is 0. The van der Waals surface area contributed by atoms with Gasteiger partial charge in [-0.3, -0.25) is 0 Å². The van der Waals surface area contributed by atoms with E-state index in [9.17, 15) is 26.7 Å². The SMILES string of the molecule is NC1=Nc2cc(C(F)(F)C(F)(F)F)ccc2C=C(C(=O)O)C1. The zero-order valence-electron chi connectivity index (χ0n) is 10.8. The van der Waals surface area contributed by atoms with Gasteiger partial charge in [-0.25, -0.2) is 9.79 Å². The number of nitrogens with two attached hydrogens (primary N) is 1. The first-order chi connectivity index (χ1) is 10.0. The maximum absolute atomic E-state index is 13.3. The summed E-state index contributed by atoms with van der Waals surface area (Å²) in [7, 11) is 0. The summed E-state index contributed by atoms with van der Waals surface area (Å²) in [5.41, 5.74) is 3.88. The van der Waals surface area contributed by atoms with Crippen molar-refractivity contribution in [2.75, 3.05) is 0 Å². The number of hydrogen-bond donors (Lipinski definition) is 2. The number of nitrogens with zero attached hydrogens (tertiary/aromatic N) is 1. The minimum atomic E-state index is -5.75. The molecule has 0 spiro atoms. The molecule has 0 fully saturated rings. The Hall–Kier alpha value is -2.45. The molecule has 0 atom stereocenters. The third-order valence-electron chi connectivity index (χ3n) is 2.99. The molecule has 1 aliphatic rings. The maximum atomic E-state index is 13.3. The first-order valence-corrected chi connectivity index (χ1v) is 5.88. The largest absolute Gasteiger partial charge is 0.478 e. The van der Waals surface area contributed by atoms with Crippen molar-refractivity contribution in [3.8, 4) is 0 Å². The van der Waals surface area contributed by atoms with E-state index < -0.39 is 23.6 Å². The van der Waals surface area contributed by atoms with Crippen molar-refractivity contribution < 1.29 is 31.9 Å². The van der Waals surface area contributed by atoms with Crippen molar-refractivity contribution in [2.24, 2.45) is 10.7 Å². The number of aliphatic carboxylic acids is 1. The summed E-state index contributed by atoms with van der Waals surface area (Å²) in [5.74, 6) is -6.52. The Morgan fingerprint density at radius 1 is 1.23 bits per heavy atom. The van der Waals surface area contributed by atoms with Crippen LogP contribution in [0, 0.1) is 0 Å². The summed E-state index contributed by atoms with van der Waals surface area (Å²) in [6.07, 6.45) is -4.85. The number of alkyl halides is 5. The van der Waals surface area contributed by atoms with Crippen molar-refractivity contribution in [3.05, 3.63) is 34.9 Å². The van der Waals surface area contributed by atoms with Gasteiger partial charge < -0.3 is 10.8 Å². The summed E-state index contributed by atoms with van der Waals surface area (Å²) in [5, 5.41) is 8.95. The number of benzene rings is 1. The topological polar surface area (TPSA) is 75.7 Å². The average Bonchev–Trinajstić information content (AvgIpc) is 2.54. The van der Waals surface area contributed by atoms with Crippen molar-refractivity contribution in [1.29, 1.82) is 0 Å². The van der Waals surface area contributed by atoms with Crippen molar-refractivity contribution in [2.45, 2.75) is 18.5 Å². The molecular weight excluding hydrogens is 311 g/mol. The Morgan fingerprint density at radius 3 is 2.41 bits per heavy atom. The number of carbonyl (C=O) groups is 1. The van der Waals surface area contributed by atoms with Crippen LogP contribution in [0.1, 0.15) is 17.5 Å². The summed E-state index contributed by atoms with van der Waals surface area (Å²) in [4.78, 5) is 14.7. The van der Waals surface area contributed by atoms with Gasteiger partial charge in [-0.05, 0) is 12.1 Å². The smallest absolute Gasteiger partial charge is 0.458 e. The quantitative estimate of drug-likeness (QED) is 0.822. The van der Waals surface area contributed by atoms with Crippen LogP contribution in [0.5, 0.6) is 0 Å². The number of halogens is 5. The fourth-order valence-corrected chi connectivity index (χ4v) is 1.89. The fraction of sp³-hybridized carbons (Fsp3) is 0.231. The molecule has 1 aliphatic heterocycles. The highest BCUT2D eigenvalue weighted by Crippen LogP contribution is 2.45. The molecule has 3 N–H and O–H groups in total. The molecule has 0 bridgehead atoms. The lowest BCUT2D eigenvalue weighted by Crippen LogP contribution is -2.33. The van der Waals surface area contributed by atoms with E-state index in [0.29, 0.717) is 12.1 Å². The molecule has 4 nitrogen and oxygen atoms in total. The molecule has 2 rings (SSSR count). The highest BCUT2D eigenvalue weighted by molar-refractivity contribution is 6.02. The van der Waals surface area contributed by atoms with Crippen molar-refractivity contribution >= 4 is 23.6 Å². The lowest BCUT2D eigenvalue weighted by atomic mass is 10.0. The molecule has 1 aromatic carbocycles. The van der Waals surface area contributed by atoms with Gasteiger partial charge in [0.1, 0.15) is 5.84 Å². The highest BCUT2D eigenvalue weighted by Gasteiger charge is 2.58. The molecule has 0 amide bonds. The van der Waals surface area contributed by atoms with Crippen LogP contribution in [-0.2, 0) is 10.7 Å². The Bertz CT molecular complexity index is 692. The van der Waals surface area contributed by atoms with Gasteiger partial charge in [0.2, 0.25) is 0 Å². The van der Waals surface area contributed by atoms with Crippen molar-refractivity contribution in [3.63, 3.8) is 0 Å². The molecule has 22 heavy (non-hydrogen) atoms. The second-order valence-corrected chi connectivity index (χ2v) is 4.60. The van der Waals surface area contributed by atoms with Crippen LogP contribution in [0.4, 0.5) is 27.6 Å². The third-order valence-corrected chi connectivity index (χ3v) is 2.99. The Kier molecular flexibility index (Phi) is 3.68. The first kappa shape index (κ1) is 15.9. The van der Waals surface area contributed by atoms with Crippen LogP contribution >= 0.6 is 0 Å². The fourth-order valence-electron chi connectivity index (χ4n) is 1.89. The van der Waals surface area contributed by atoms with Gasteiger partial charge in [-0.15, -0.1) is 0 Å². The predicted molar refractivity (Wildman–Crippen MR) is 67.9 cm³/mol. The van der Waals surface area contributed by atoms with Crippen LogP contribution in [-0.4, -0.2) is 23.1 Å². The van der Waals surface area contributed by atoms with E-state index in [1.807, 2.05) is 0 Å². The highest BCUT2D eigenvalue weighted by atomic mass is 19.4. The number of rotatable bonds is 2. The second-order valence-electron chi connectivity index (χ2n) is 4.60. The minimum absolute atomic E-state index is 0.0968. The number of carboxylic acid groups (broad SMARTS) is 1. The Balaban J connectivity index is 2.58. The van der Waals surface area contributed by atoms with Gasteiger partial charge in [-0.1, -0.05) is 12.1 Å². The van der Waals surface area contributed by atoms with E-state index in [1.54, 1.807) is 0 Å². The number of hydrogen-bond acceptors (Lipinski definition) is 3. The van der Waals surface area contributed by atoms with E-state index in [2.05, 4.69) is 4.99 Å². The number of aliphatic imine (C=N–C) groups is 1. The first-order valence-electron chi connectivity index (χ1n) is 5.88. The van der Waals surface area contributed by atoms with Crippen LogP contribution in [0.15, 0.2) is 28.8 Å². The van der Waals surface area contributed by atoms with Crippen LogP contribution in [0.3, 0.4) is 0 Å². The van der Waals surface area contributed by atoms with E-state index in [0.717, 1.165) is 12.1 Å². The molecule has 0 radical (unpaired) electrons. The van der Waals surface area contributed by atoms with Crippen LogP contribution in [0.25, 0.3) is 6.08 Å². The molecule has 1 aromatic rings. The maximum Gasteiger partial charge on any atom is 0.458 e. The molecule has 0 saturated heterocycles. The van der Waals surface area contributed by atoms with Gasteiger partial charge in [0.25, 0.3) is 0 Å². The zero-order chi connectivity index (χ0) is 16.7. The van der Waals surface area contributed by atoms with E-state index >= 15 is 0 Å². The lowest BCUT2D eigenvalue weighted by Gasteiger charge is -2.20. The summed E-state index contributed by atoms with van der Waals surface area (Å²) < 4.78 is 63.8. The van der Waals surface area contributed by atoms with Gasteiger partial charge in [0, 0.05) is 23.1 Å². The molecule has 0 aromatic heterocycles. The third kappa shape index (κ3) is 2.78. The van der Waals surface area contributed by atoms with Gasteiger partial charge in [0.05, 0.1) is 5.69 Å². The molecule has 0 saturated carbocycles. The average molecular weight is 320 g/mol.